The lowest BCUT2D eigenvalue weighted by molar-refractivity contribution is 0.0367. The Balaban J connectivity index is 1.61. The molecule has 0 atom stereocenters. The topological polar surface area (TPSA) is 40.6 Å². The zero-order valence-corrected chi connectivity index (χ0v) is 17.7. The van der Waals surface area contributed by atoms with Crippen LogP contribution in [-0.4, -0.2) is 59.3 Å². The first kappa shape index (κ1) is 20.7. The lowest BCUT2D eigenvalue weighted by Crippen LogP contribution is -2.40. The molecule has 1 fully saturated rings. The molecular formula is C22H30N4OS. The van der Waals surface area contributed by atoms with Gasteiger partial charge in [0.25, 0.3) is 0 Å². The van der Waals surface area contributed by atoms with Crippen LogP contribution >= 0.6 is 12.2 Å². The summed E-state index contributed by atoms with van der Waals surface area (Å²) in [5.74, 6) is 0. The highest BCUT2D eigenvalue weighted by Crippen LogP contribution is 2.15. The van der Waals surface area contributed by atoms with Gasteiger partial charge in [-0.1, -0.05) is 12.1 Å². The van der Waals surface area contributed by atoms with Crippen LogP contribution in [0.15, 0.2) is 42.6 Å². The number of anilines is 1. The molecule has 3 rings (SSSR count). The van der Waals surface area contributed by atoms with Gasteiger partial charge >= 0.3 is 0 Å². The van der Waals surface area contributed by atoms with E-state index in [0.29, 0.717) is 6.54 Å². The number of benzene rings is 1. The Morgan fingerprint density at radius 3 is 2.71 bits per heavy atom. The first-order valence-corrected chi connectivity index (χ1v) is 10.4. The van der Waals surface area contributed by atoms with E-state index in [-0.39, 0.29) is 0 Å². The average molecular weight is 399 g/mol. The molecule has 1 aliphatic heterocycles. The van der Waals surface area contributed by atoms with Crippen molar-refractivity contribution in [1.29, 1.82) is 0 Å². The third-order valence-electron chi connectivity index (χ3n) is 5.13. The number of nitrogens with one attached hydrogen (secondary N) is 1. The molecule has 6 heteroatoms. The van der Waals surface area contributed by atoms with Crippen molar-refractivity contribution < 1.29 is 4.74 Å². The van der Waals surface area contributed by atoms with Crippen LogP contribution in [0.2, 0.25) is 0 Å². The normalized spacial score (nSPS) is 14.6. The maximum Gasteiger partial charge on any atom is 0.173 e. The maximum atomic E-state index is 5.76. The van der Waals surface area contributed by atoms with Crippen molar-refractivity contribution in [2.24, 2.45) is 0 Å². The number of hydrogen-bond donors (Lipinski definition) is 1. The second-order valence-corrected chi connectivity index (χ2v) is 7.67. The molecule has 0 aliphatic carbocycles. The first-order valence-electron chi connectivity index (χ1n) is 9.95. The Morgan fingerprint density at radius 2 is 2.00 bits per heavy atom. The van der Waals surface area contributed by atoms with Gasteiger partial charge in [-0.05, 0) is 67.9 Å². The van der Waals surface area contributed by atoms with Gasteiger partial charge in [-0.3, -0.25) is 9.88 Å². The number of pyridine rings is 1. The molecule has 5 nitrogen and oxygen atoms in total. The molecular weight excluding hydrogens is 368 g/mol. The molecule has 28 heavy (non-hydrogen) atoms. The van der Waals surface area contributed by atoms with Gasteiger partial charge in [0.15, 0.2) is 5.11 Å². The number of thiocarbonyl (C=S) groups is 1. The molecule has 0 spiro atoms. The van der Waals surface area contributed by atoms with Crippen molar-refractivity contribution >= 4 is 23.0 Å². The number of hydrogen-bond acceptors (Lipinski definition) is 4. The van der Waals surface area contributed by atoms with Crippen molar-refractivity contribution in [3.05, 3.63) is 59.4 Å². The molecule has 0 unspecified atom stereocenters. The summed E-state index contributed by atoms with van der Waals surface area (Å²) >= 11 is 5.76. The molecule has 2 heterocycles. The van der Waals surface area contributed by atoms with Crippen LogP contribution in [0.25, 0.3) is 0 Å². The van der Waals surface area contributed by atoms with Crippen LogP contribution < -0.4 is 5.32 Å². The minimum atomic E-state index is 0.709. The highest BCUT2D eigenvalue weighted by atomic mass is 32.1. The molecule has 0 saturated carbocycles. The minimum absolute atomic E-state index is 0.709. The molecule has 2 aromatic rings. The fourth-order valence-corrected chi connectivity index (χ4v) is 3.54. The van der Waals surface area contributed by atoms with Crippen molar-refractivity contribution in [3.8, 4) is 0 Å². The number of aryl methyl sites for hydroxylation is 2. The maximum absolute atomic E-state index is 5.76. The fourth-order valence-electron chi connectivity index (χ4n) is 3.27. The zero-order valence-electron chi connectivity index (χ0n) is 16.9. The Kier molecular flexibility index (Phi) is 7.77. The average Bonchev–Trinajstić information content (AvgIpc) is 2.71. The summed E-state index contributed by atoms with van der Waals surface area (Å²) in [5, 5.41) is 4.16. The van der Waals surface area contributed by atoms with Crippen molar-refractivity contribution in [1.82, 2.24) is 14.8 Å². The van der Waals surface area contributed by atoms with E-state index in [1.54, 1.807) is 0 Å². The zero-order chi connectivity index (χ0) is 19.8. The van der Waals surface area contributed by atoms with E-state index < -0.39 is 0 Å². The first-order chi connectivity index (χ1) is 13.6. The Morgan fingerprint density at radius 1 is 1.18 bits per heavy atom. The third-order valence-corrected chi connectivity index (χ3v) is 5.49. The summed E-state index contributed by atoms with van der Waals surface area (Å²) in [6.45, 7) is 10.6. The second-order valence-electron chi connectivity index (χ2n) is 7.28. The van der Waals surface area contributed by atoms with Gasteiger partial charge in [0.05, 0.1) is 25.5 Å². The molecule has 1 saturated heterocycles. The van der Waals surface area contributed by atoms with Gasteiger partial charge in [0, 0.05) is 38.1 Å². The van der Waals surface area contributed by atoms with Gasteiger partial charge in [-0.15, -0.1) is 0 Å². The van der Waals surface area contributed by atoms with Crippen LogP contribution in [0.5, 0.6) is 0 Å². The molecule has 1 aliphatic rings. The number of rotatable bonds is 7. The fraction of sp³-hybridized carbons (Fsp3) is 0.455. The standard InChI is InChI=1S/C22H30N4OS/c1-18-7-8-20(16-19(18)2)24-22(28)26(17-21-6-3-4-9-23-21)11-5-10-25-12-14-27-15-13-25/h3-4,6-9,16H,5,10-15,17H2,1-2H3,(H,24,28). The van der Waals surface area contributed by atoms with E-state index in [4.69, 9.17) is 17.0 Å². The molecule has 0 radical (unpaired) electrons. The van der Waals surface area contributed by atoms with Crippen LogP contribution in [0, 0.1) is 13.8 Å². The summed E-state index contributed by atoms with van der Waals surface area (Å²) in [4.78, 5) is 9.15. The molecule has 1 N–H and O–H groups in total. The smallest absolute Gasteiger partial charge is 0.173 e. The van der Waals surface area contributed by atoms with Crippen molar-refractivity contribution in [2.45, 2.75) is 26.8 Å². The number of aromatic nitrogens is 1. The van der Waals surface area contributed by atoms with Crippen LogP contribution in [0.4, 0.5) is 5.69 Å². The predicted molar refractivity (Wildman–Crippen MR) is 119 cm³/mol. The van der Waals surface area contributed by atoms with Gasteiger partial charge in [-0.2, -0.15) is 0 Å². The van der Waals surface area contributed by atoms with E-state index >= 15 is 0 Å². The van der Waals surface area contributed by atoms with E-state index in [2.05, 4.69) is 52.1 Å². The monoisotopic (exact) mass is 398 g/mol. The highest BCUT2D eigenvalue weighted by Gasteiger charge is 2.14. The van der Waals surface area contributed by atoms with Crippen LogP contribution in [-0.2, 0) is 11.3 Å². The molecule has 1 aromatic carbocycles. The van der Waals surface area contributed by atoms with Crippen LogP contribution in [0.3, 0.4) is 0 Å². The van der Waals surface area contributed by atoms with E-state index in [1.165, 1.54) is 11.1 Å². The summed E-state index contributed by atoms with van der Waals surface area (Å²) in [6, 6.07) is 12.4. The predicted octanol–water partition coefficient (Wildman–Crippen LogP) is 3.62. The van der Waals surface area contributed by atoms with Crippen molar-refractivity contribution in [2.75, 3.05) is 44.7 Å². The van der Waals surface area contributed by atoms with Crippen molar-refractivity contribution in [3.63, 3.8) is 0 Å². The van der Waals surface area contributed by atoms with Gasteiger partial charge in [0.1, 0.15) is 0 Å². The largest absolute Gasteiger partial charge is 0.379 e. The van der Waals surface area contributed by atoms with Gasteiger partial charge < -0.3 is 15.0 Å². The molecule has 0 bridgehead atoms. The summed E-state index contributed by atoms with van der Waals surface area (Å²) < 4.78 is 5.44. The van der Waals surface area contributed by atoms with Gasteiger partial charge in [-0.25, -0.2) is 0 Å². The number of nitrogens with zero attached hydrogens (tertiary/aromatic N) is 3. The Hall–Kier alpha value is -2.02. The van der Waals surface area contributed by atoms with E-state index in [9.17, 15) is 0 Å². The van der Waals surface area contributed by atoms with Crippen LogP contribution in [0.1, 0.15) is 23.2 Å². The Bertz CT molecular complexity index is 762. The quantitative estimate of drug-likeness (QED) is 0.719. The number of ether oxygens (including phenoxy) is 1. The minimum Gasteiger partial charge on any atom is -0.379 e. The van der Waals surface area contributed by atoms with Gasteiger partial charge in [0.2, 0.25) is 0 Å². The van der Waals surface area contributed by atoms with E-state index in [1.807, 2.05) is 24.4 Å². The SMILES string of the molecule is Cc1ccc(NC(=S)N(CCCN2CCOCC2)Cc2ccccn2)cc1C. The number of morpholine rings is 1. The summed E-state index contributed by atoms with van der Waals surface area (Å²) in [6.07, 6.45) is 2.89. The summed E-state index contributed by atoms with van der Waals surface area (Å²) in [7, 11) is 0. The summed E-state index contributed by atoms with van der Waals surface area (Å²) in [5.41, 5.74) is 4.61. The van der Waals surface area contributed by atoms with E-state index in [0.717, 1.165) is 62.3 Å². The Labute approximate surface area is 173 Å². The third kappa shape index (κ3) is 6.26. The molecule has 1 aromatic heterocycles. The highest BCUT2D eigenvalue weighted by molar-refractivity contribution is 7.80. The molecule has 0 amide bonds. The lowest BCUT2D eigenvalue weighted by Gasteiger charge is -2.29. The lowest BCUT2D eigenvalue weighted by atomic mass is 10.1. The molecule has 150 valence electrons. The second kappa shape index (κ2) is 10.5.